The molecule has 0 saturated heterocycles. The van der Waals surface area contributed by atoms with E-state index in [0.29, 0.717) is 27.9 Å². The van der Waals surface area contributed by atoms with Gasteiger partial charge in [0.25, 0.3) is 0 Å². The molecule has 2 N–H and O–H groups in total. The van der Waals surface area contributed by atoms with E-state index in [1.54, 1.807) is 24.3 Å². The topological polar surface area (TPSA) is 70.7 Å². The van der Waals surface area contributed by atoms with Crippen LogP contribution in [-0.2, 0) is 0 Å². The zero-order valence-electron chi connectivity index (χ0n) is 12.3. The lowest BCUT2D eigenvalue weighted by Gasteiger charge is -2.12. The fraction of sp³-hybridized carbons (Fsp3) is 0.167. The highest BCUT2D eigenvalue weighted by Crippen LogP contribution is 2.38. The van der Waals surface area contributed by atoms with Gasteiger partial charge in [0.1, 0.15) is 22.8 Å². The first kappa shape index (κ1) is 14.2. The van der Waals surface area contributed by atoms with Gasteiger partial charge in [-0.05, 0) is 30.2 Å². The van der Waals surface area contributed by atoms with Gasteiger partial charge < -0.3 is 14.6 Å². The predicted molar refractivity (Wildman–Crippen MR) is 85.3 cm³/mol. The Bertz CT molecular complexity index is 883. The molecule has 0 bridgehead atoms. The van der Waals surface area contributed by atoms with Crippen molar-refractivity contribution in [1.82, 2.24) is 0 Å². The molecule has 0 spiro atoms. The summed E-state index contributed by atoms with van der Waals surface area (Å²) < 4.78 is 5.72. The van der Waals surface area contributed by atoms with Crippen LogP contribution >= 0.6 is 0 Å². The van der Waals surface area contributed by atoms with Gasteiger partial charge >= 0.3 is 0 Å². The highest BCUT2D eigenvalue weighted by atomic mass is 16.3. The molecule has 0 atom stereocenters. The smallest absolute Gasteiger partial charge is 0.193 e. The van der Waals surface area contributed by atoms with Gasteiger partial charge in [-0.1, -0.05) is 26.0 Å². The van der Waals surface area contributed by atoms with Crippen molar-refractivity contribution in [2.45, 2.75) is 19.8 Å². The van der Waals surface area contributed by atoms with Crippen LogP contribution in [0.5, 0.6) is 11.5 Å². The van der Waals surface area contributed by atoms with Crippen molar-refractivity contribution in [2.24, 2.45) is 0 Å². The van der Waals surface area contributed by atoms with E-state index >= 15 is 0 Å². The van der Waals surface area contributed by atoms with E-state index < -0.39 is 0 Å². The van der Waals surface area contributed by atoms with E-state index in [4.69, 9.17) is 4.42 Å². The van der Waals surface area contributed by atoms with Crippen LogP contribution in [-0.4, -0.2) is 10.2 Å². The minimum Gasteiger partial charge on any atom is -0.507 e. The molecule has 22 heavy (non-hydrogen) atoms. The summed E-state index contributed by atoms with van der Waals surface area (Å²) in [7, 11) is 0. The maximum absolute atomic E-state index is 12.1. The quantitative estimate of drug-likeness (QED) is 0.750. The van der Waals surface area contributed by atoms with Gasteiger partial charge in [-0.2, -0.15) is 0 Å². The number of fused-ring (bicyclic) bond motifs is 1. The summed E-state index contributed by atoms with van der Waals surface area (Å²) in [6.07, 6.45) is 0. The number of aromatic hydroxyl groups is 2. The molecule has 0 saturated carbocycles. The molecule has 0 amide bonds. The first-order valence-electron chi connectivity index (χ1n) is 7.06. The van der Waals surface area contributed by atoms with E-state index in [0.717, 1.165) is 0 Å². The van der Waals surface area contributed by atoms with Crippen molar-refractivity contribution in [2.75, 3.05) is 0 Å². The average molecular weight is 296 g/mol. The predicted octanol–water partition coefficient (Wildman–Crippen LogP) is 3.99. The highest BCUT2D eigenvalue weighted by molar-refractivity contribution is 5.79. The van der Waals surface area contributed by atoms with Crippen molar-refractivity contribution in [1.29, 1.82) is 0 Å². The summed E-state index contributed by atoms with van der Waals surface area (Å²) in [6, 6.07) is 11.3. The van der Waals surface area contributed by atoms with Crippen molar-refractivity contribution >= 4 is 11.0 Å². The van der Waals surface area contributed by atoms with Gasteiger partial charge in [-0.3, -0.25) is 4.79 Å². The highest BCUT2D eigenvalue weighted by Gasteiger charge is 2.15. The third-order valence-electron chi connectivity index (χ3n) is 3.63. The summed E-state index contributed by atoms with van der Waals surface area (Å²) in [5.74, 6) is 0.267. The van der Waals surface area contributed by atoms with Crippen LogP contribution in [0.1, 0.15) is 25.3 Å². The second-order valence-corrected chi connectivity index (χ2v) is 5.55. The van der Waals surface area contributed by atoms with E-state index in [1.165, 1.54) is 18.2 Å². The van der Waals surface area contributed by atoms with Crippen molar-refractivity contribution in [3.8, 4) is 22.8 Å². The van der Waals surface area contributed by atoms with Gasteiger partial charge in [0.2, 0.25) is 0 Å². The molecule has 0 radical (unpaired) electrons. The van der Waals surface area contributed by atoms with E-state index in [2.05, 4.69) is 0 Å². The Morgan fingerprint density at radius 3 is 2.27 bits per heavy atom. The van der Waals surface area contributed by atoms with Crippen LogP contribution in [0.2, 0.25) is 0 Å². The Hall–Kier alpha value is -2.75. The Morgan fingerprint density at radius 1 is 1.00 bits per heavy atom. The molecule has 0 unspecified atom stereocenters. The van der Waals surface area contributed by atoms with Gasteiger partial charge in [0.05, 0.1) is 5.39 Å². The summed E-state index contributed by atoms with van der Waals surface area (Å²) in [6.45, 7) is 3.76. The molecule has 112 valence electrons. The SMILES string of the molecule is CC(C)c1c(O)cc(-c2cc(=O)c3ccccc3o2)cc1O. The molecule has 0 aliphatic rings. The third-order valence-corrected chi connectivity index (χ3v) is 3.63. The van der Waals surface area contributed by atoms with Gasteiger partial charge in [0.15, 0.2) is 5.43 Å². The second-order valence-electron chi connectivity index (χ2n) is 5.55. The van der Waals surface area contributed by atoms with Gasteiger partial charge in [0, 0.05) is 17.2 Å². The molecule has 4 heteroatoms. The second kappa shape index (κ2) is 5.22. The molecule has 1 aromatic heterocycles. The first-order chi connectivity index (χ1) is 10.5. The maximum Gasteiger partial charge on any atom is 0.193 e. The fourth-order valence-electron chi connectivity index (χ4n) is 2.60. The zero-order valence-corrected chi connectivity index (χ0v) is 12.3. The molecular formula is C18H16O4. The van der Waals surface area contributed by atoms with Crippen molar-refractivity contribution in [3.05, 3.63) is 58.3 Å². The van der Waals surface area contributed by atoms with Crippen LogP contribution < -0.4 is 5.43 Å². The summed E-state index contributed by atoms with van der Waals surface area (Å²) in [5.41, 5.74) is 1.25. The van der Waals surface area contributed by atoms with Crippen molar-refractivity contribution in [3.63, 3.8) is 0 Å². The van der Waals surface area contributed by atoms with Crippen LogP contribution in [0.25, 0.3) is 22.3 Å². The molecule has 0 fully saturated rings. The number of hydrogen-bond donors (Lipinski definition) is 2. The third kappa shape index (κ3) is 2.33. The van der Waals surface area contributed by atoms with Gasteiger partial charge in [-0.25, -0.2) is 0 Å². The summed E-state index contributed by atoms with van der Waals surface area (Å²) in [4.78, 5) is 12.1. The van der Waals surface area contributed by atoms with Crippen LogP contribution in [0.4, 0.5) is 0 Å². The Morgan fingerprint density at radius 2 is 1.64 bits per heavy atom. The van der Waals surface area contributed by atoms with E-state index in [9.17, 15) is 15.0 Å². The fourth-order valence-corrected chi connectivity index (χ4v) is 2.60. The Balaban J connectivity index is 2.22. The Kier molecular flexibility index (Phi) is 3.37. The molecule has 1 heterocycles. The molecule has 3 aromatic rings. The monoisotopic (exact) mass is 296 g/mol. The van der Waals surface area contributed by atoms with Gasteiger partial charge in [-0.15, -0.1) is 0 Å². The van der Waals surface area contributed by atoms with Crippen molar-refractivity contribution < 1.29 is 14.6 Å². The number of benzene rings is 2. The number of hydrogen-bond acceptors (Lipinski definition) is 4. The minimum absolute atomic E-state index is 0.0131. The maximum atomic E-state index is 12.1. The standard InChI is InChI=1S/C18H16O4/c1-10(2)18-14(20)7-11(8-15(18)21)17-9-13(19)12-5-3-4-6-16(12)22-17/h3-10,20-21H,1-2H3. The lowest BCUT2D eigenvalue weighted by molar-refractivity contribution is 0.433. The van der Waals surface area contributed by atoms with E-state index in [1.807, 2.05) is 13.8 Å². The first-order valence-corrected chi connectivity index (χ1v) is 7.06. The van der Waals surface area contributed by atoms with Crippen LogP contribution in [0.3, 0.4) is 0 Å². The molecule has 0 aliphatic carbocycles. The molecule has 2 aromatic carbocycles. The summed E-state index contributed by atoms with van der Waals surface area (Å²) >= 11 is 0. The van der Waals surface area contributed by atoms with Crippen LogP contribution in [0.15, 0.2) is 51.7 Å². The molecule has 3 rings (SSSR count). The molecule has 0 aliphatic heterocycles. The molecule has 4 nitrogen and oxygen atoms in total. The zero-order chi connectivity index (χ0) is 15.9. The number of rotatable bonds is 2. The average Bonchev–Trinajstić information content (AvgIpc) is 2.46. The number of para-hydroxylation sites is 1. The van der Waals surface area contributed by atoms with Crippen LogP contribution in [0, 0.1) is 0 Å². The number of phenols is 2. The van der Waals surface area contributed by atoms with E-state index in [-0.39, 0.29) is 22.8 Å². The normalized spacial score (nSPS) is 11.2. The largest absolute Gasteiger partial charge is 0.507 e. The molecular weight excluding hydrogens is 280 g/mol. The lowest BCUT2D eigenvalue weighted by Crippen LogP contribution is -2.00. The Labute approximate surface area is 127 Å². The number of phenolic OH excluding ortho intramolecular Hbond substituents is 2. The lowest BCUT2D eigenvalue weighted by atomic mass is 9.98. The minimum atomic E-state index is -0.163. The summed E-state index contributed by atoms with van der Waals surface area (Å²) in [5, 5.41) is 20.7.